The molecule has 0 radical (unpaired) electrons. The molecule has 3 aromatic carbocycles. The molecular formula is C25H23F2N3O. The van der Waals surface area contributed by atoms with E-state index in [0.717, 1.165) is 28.0 Å². The monoisotopic (exact) mass is 419 g/mol. The Balaban J connectivity index is 1.63. The van der Waals surface area contributed by atoms with Crippen LogP contribution in [0.2, 0.25) is 0 Å². The number of carbonyl (C=O) groups excluding carboxylic acids is 1. The van der Waals surface area contributed by atoms with Gasteiger partial charge in [0.2, 0.25) is 5.91 Å². The van der Waals surface area contributed by atoms with E-state index in [1.807, 2.05) is 35.8 Å². The van der Waals surface area contributed by atoms with E-state index >= 15 is 0 Å². The van der Waals surface area contributed by atoms with Crippen molar-refractivity contribution in [2.75, 3.05) is 0 Å². The van der Waals surface area contributed by atoms with Crippen molar-refractivity contribution in [1.82, 2.24) is 14.9 Å². The highest BCUT2D eigenvalue weighted by Crippen LogP contribution is 2.25. The Labute approximate surface area is 179 Å². The number of benzene rings is 3. The van der Waals surface area contributed by atoms with Gasteiger partial charge < -0.3 is 9.88 Å². The lowest BCUT2D eigenvalue weighted by molar-refractivity contribution is -0.124. The maximum Gasteiger partial charge on any atom is 0.243 e. The van der Waals surface area contributed by atoms with Gasteiger partial charge in [0.15, 0.2) is 0 Å². The summed E-state index contributed by atoms with van der Waals surface area (Å²) in [5.74, 6) is 0.0209. The van der Waals surface area contributed by atoms with Gasteiger partial charge in [-0.1, -0.05) is 43.3 Å². The number of hydrogen-bond donors (Lipinski definition) is 1. The zero-order chi connectivity index (χ0) is 21.8. The summed E-state index contributed by atoms with van der Waals surface area (Å²) < 4.78 is 28.4. The Morgan fingerprint density at radius 3 is 2.19 bits per heavy atom. The van der Waals surface area contributed by atoms with Gasteiger partial charge in [0, 0.05) is 13.0 Å². The van der Waals surface area contributed by atoms with Gasteiger partial charge in [-0.25, -0.2) is 13.8 Å². The van der Waals surface area contributed by atoms with Crippen LogP contribution in [0.4, 0.5) is 8.78 Å². The van der Waals surface area contributed by atoms with Crippen molar-refractivity contribution in [3.05, 3.63) is 101 Å². The largest absolute Gasteiger partial charge is 0.350 e. The minimum atomic E-state index is -0.455. The molecule has 0 spiro atoms. The van der Waals surface area contributed by atoms with Crippen LogP contribution in [-0.4, -0.2) is 15.5 Å². The number of halogens is 2. The fraction of sp³-hybridized carbons (Fsp3) is 0.200. The molecule has 1 atom stereocenters. The number of rotatable bonds is 7. The number of para-hydroxylation sites is 2. The second-order valence-corrected chi connectivity index (χ2v) is 7.46. The minimum absolute atomic E-state index is 0.129. The molecule has 0 aliphatic heterocycles. The van der Waals surface area contributed by atoms with Gasteiger partial charge in [0.1, 0.15) is 23.5 Å². The number of amides is 1. The Bertz CT molecular complexity index is 1180. The SMILES string of the molecule is CC[C@@H](C(=O)NCc1ccc(F)cc1)n1c(Cc2ccc(F)cc2)nc2ccccc21. The first-order chi connectivity index (χ1) is 15.0. The van der Waals surface area contributed by atoms with Gasteiger partial charge in [-0.2, -0.15) is 0 Å². The number of imidazole rings is 1. The van der Waals surface area contributed by atoms with Crippen LogP contribution in [0.5, 0.6) is 0 Å². The molecule has 1 amide bonds. The van der Waals surface area contributed by atoms with Gasteiger partial charge in [-0.15, -0.1) is 0 Å². The van der Waals surface area contributed by atoms with Crippen LogP contribution in [0, 0.1) is 11.6 Å². The fourth-order valence-electron chi connectivity index (χ4n) is 3.75. The van der Waals surface area contributed by atoms with Gasteiger partial charge >= 0.3 is 0 Å². The summed E-state index contributed by atoms with van der Waals surface area (Å²) in [7, 11) is 0. The predicted octanol–water partition coefficient (Wildman–Crippen LogP) is 5.17. The molecule has 4 nitrogen and oxygen atoms in total. The lowest BCUT2D eigenvalue weighted by Gasteiger charge is -2.20. The molecule has 0 aliphatic rings. The van der Waals surface area contributed by atoms with Crippen molar-refractivity contribution >= 4 is 16.9 Å². The molecule has 0 unspecified atom stereocenters. The Hall–Kier alpha value is -3.54. The summed E-state index contributed by atoms with van der Waals surface area (Å²) in [6, 6.07) is 19.6. The highest BCUT2D eigenvalue weighted by molar-refractivity contribution is 5.84. The number of hydrogen-bond acceptors (Lipinski definition) is 2. The van der Waals surface area contributed by atoms with E-state index in [1.165, 1.54) is 24.3 Å². The molecule has 6 heteroatoms. The quantitative estimate of drug-likeness (QED) is 0.449. The van der Waals surface area contributed by atoms with Crippen molar-refractivity contribution in [3.8, 4) is 0 Å². The average molecular weight is 419 g/mol. The number of fused-ring (bicyclic) bond motifs is 1. The Morgan fingerprint density at radius 2 is 1.55 bits per heavy atom. The molecule has 0 aliphatic carbocycles. The second-order valence-electron chi connectivity index (χ2n) is 7.46. The van der Waals surface area contributed by atoms with E-state index in [4.69, 9.17) is 4.98 Å². The van der Waals surface area contributed by atoms with E-state index in [9.17, 15) is 13.6 Å². The Kier molecular flexibility index (Phi) is 6.07. The zero-order valence-electron chi connectivity index (χ0n) is 17.2. The first kappa shape index (κ1) is 20.7. The summed E-state index contributed by atoms with van der Waals surface area (Å²) in [4.78, 5) is 17.9. The highest BCUT2D eigenvalue weighted by Gasteiger charge is 2.24. The van der Waals surface area contributed by atoms with Crippen LogP contribution < -0.4 is 5.32 Å². The molecule has 158 valence electrons. The first-order valence-electron chi connectivity index (χ1n) is 10.3. The van der Waals surface area contributed by atoms with Crippen molar-refractivity contribution in [2.45, 2.75) is 32.4 Å². The lowest BCUT2D eigenvalue weighted by Crippen LogP contribution is -2.32. The summed E-state index contributed by atoms with van der Waals surface area (Å²) in [5.41, 5.74) is 3.43. The maximum atomic E-state index is 13.3. The number of carbonyl (C=O) groups is 1. The van der Waals surface area contributed by atoms with E-state index in [0.29, 0.717) is 19.4 Å². The van der Waals surface area contributed by atoms with E-state index < -0.39 is 6.04 Å². The molecule has 0 saturated heterocycles. The lowest BCUT2D eigenvalue weighted by atomic mass is 10.1. The molecule has 4 rings (SSSR count). The third kappa shape index (κ3) is 4.63. The smallest absolute Gasteiger partial charge is 0.243 e. The summed E-state index contributed by atoms with van der Waals surface area (Å²) in [5, 5.41) is 2.96. The number of aromatic nitrogens is 2. The van der Waals surface area contributed by atoms with Crippen molar-refractivity contribution in [3.63, 3.8) is 0 Å². The standard InChI is InChI=1S/C25H23F2N3O/c1-2-22(25(31)28-16-18-9-13-20(27)14-10-18)30-23-6-4-3-5-21(23)29-24(30)15-17-7-11-19(26)12-8-17/h3-14,22H,2,15-16H2,1H3,(H,28,31)/t22-/m0/s1. The third-order valence-electron chi connectivity index (χ3n) is 5.33. The highest BCUT2D eigenvalue weighted by atomic mass is 19.1. The van der Waals surface area contributed by atoms with E-state index in [-0.39, 0.29) is 17.5 Å². The molecular weight excluding hydrogens is 396 g/mol. The zero-order valence-corrected chi connectivity index (χ0v) is 17.2. The molecule has 31 heavy (non-hydrogen) atoms. The van der Waals surface area contributed by atoms with Gasteiger partial charge in [-0.05, 0) is 53.9 Å². The van der Waals surface area contributed by atoms with E-state index in [2.05, 4.69) is 5.32 Å². The molecule has 0 saturated carbocycles. The third-order valence-corrected chi connectivity index (χ3v) is 5.33. The van der Waals surface area contributed by atoms with Crippen LogP contribution in [-0.2, 0) is 17.8 Å². The van der Waals surface area contributed by atoms with Crippen LogP contribution >= 0.6 is 0 Å². The van der Waals surface area contributed by atoms with Crippen LogP contribution in [0.1, 0.15) is 36.3 Å². The van der Waals surface area contributed by atoms with Gasteiger partial charge in [-0.3, -0.25) is 4.79 Å². The fourth-order valence-corrected chi connectivity index (χ4v) is 3.75. The normalized spacial score (nSPS) is 12.1. The van der Waals surface area contributed by atoms with Crippen LogP contribution in [0.3, 0.4) is 0 Å². The summed E-state index contributed by atoms with van der Waals surface area (Å²) in [6.07, 6.45) is 1.06. The molecule has 1 aromatic heterocycles. The summed E-state index contributed by atoms with van der Waals surface area (Å²) >= 11 is 0. The average Bonchev–Trinajstić information content (AvgIpc) is 3.13. The molecule has 1 N–H and O–H groups in total. The molecule has 0 bridgehead atoms. The van der Waals surface area contributed by atoms with Crippen molar-refractivity contribution < 1.29 is 13.6 Å². The minimum Gasteiger partial charge on any atom is -0.350 e. The van der Waals surface area contributed by atoms with Crippen LogP contribution in [0.15, 0.2) is 72.8 Å². The summed E-state index contributed by atoms with van der Waals surface area (Å²) in [6.45, 7) is 2.27. The van der Waals surface area contributed by atoms with Gasteiger partial charge in [0.05, 0.1) is 11.0 Å². The number of nitrogens with one attached hydrogen (secondary N) is 1. The van der Waals surface area contributed by atoms with Gasteiger partial charge in [0.25, 0.3) is 0 Å². The van der Waals surface area contributed by atoms with Crippen molar-refractivity contribution in [2.24, 2.45) is 0 Å². The molecule has 4 aromatic rings. The molecule has 0 fully saturated rings. The predicted molar refractivity (Wildman–Crippen MR) is 117 cm³/mol. The van der Waals surface area contributed by atoms with Crippen molar-refractivity contribution in [1.29, 1.82) is 0 Å². The first-order valence-corrected chi connectivity index (χ1v) is 10.3. The van der Waals surface area contributed by atoms with Crippen LogP contribution in [0.25, 0.3) is 11.0 Å². The maximum absolute atomic E-state index is 13.3. The Morgan fingerprint density at radius 1 is 0.935 bits per heavy atom. The topological polar surface area (TPSA) is 46.9 Å². The second kappa shape index (κ2) is 9.08. The number of nitrogens with zero attached hydrogens (tertiary/aromatic N) is 2. The molecule has 1 heterocycles. The van der Waals surface area contributed by atoms with E-state index in [1.54, 1.807) is 24.3 Å².